The molecule has 5 nitrogen and oxygen atoms in total. The largest absolute Gasteiger partial charge is 0.507 e. The summed E-state index contributed by atoms with van der Waals surface area (Å²) < 4.78 is 6.01. The highest BCUT2D eigenvalue weighted by Crippen LogP contribution is 2.45. The predicted octanol–water partition coefficient (Wildman–Crippen LogP) is 3.29. The highest BCUT2D eigenvalue weighted by Gasteiger charge is 2.33. The number of carbonyl (C=O) groups is 1. The minimum Gasteiger partial charge on any atom is -0.507 e. The Balaban J connectivity index is 2.06. The summed E-state index contributed by atoms with van der Waals surface area (Å²) in [6, 6.07) is 10.5. The molecule has 5 heteroatoms. The smallest absolute Gasteiger partial charge is 0.174 e. The van der Waals surface area contributed by atoms with Gasteiger partial charge in [0, 0.05) is 11.6 Å². The number of fused-ring (bicyclic) bond motifs is 1. The maximum absolute atomic E-state index is 12.6. The van der Waals surface area contributed by atoms with Gasteiger partial charge in [0.05, 0.1) is 13.0 Å². The van der Waals surface area contributed by atoms with Gasteiger partial charge >= 0.3 is 0 Å². The highest BCUT2D eigenvalue weighted by molar-refractivity contribution is 6.03. The zero-order valence-electron chi connectivity index (χ0n) is 13.9. The van der Waals surface area contributed by atoms with Crippen LogP contribution in [0.2, 0.25) is 0 Å². The molecule has 0 aromatic heterocycles. The van der Waals surface area contributed by atoms with Crippen LogP contribution in [0.5, 0.6) is 17.2 Å². The van der Waals surface area contributed by atoms with Crippen LogP contribution in [0, 0.1) is 0 Å². The molecular weight excluding hydrogens is 320 g/mol. The van der Waals surface area contributed by atoms with Crippen LogP contribution < -0.4 is 4.74 Å². The number of hydrogen-bond acceptors (Lipinski definition) is 5. The van der Waals surface area contributed by atoms with Crippen molar-refractivity contribution in [3.05, 3.63) is 64.7 Å². The number of phenolic OH excluding ortho intramolecular Hbond substituents is 2. The van der Waals surface area contributed by atoms with E-state index in [1.165, 1.54) is 6.07 Å². The van der Waals surface area contributed by atoms with Crippen molar-refractivity contribution in [2.24, 2.45) is 0 Å². The van der Waals surface area contributed by atoms with Gasteiger partial charge in [0.15, 0.2) is 5.78 Å². The molecule has 1 atom stereocenters. The second-order valence-electron chi connectivity index (χ2n) is 6.15. The Morgan fingerprint density at radius 1 is 1.24 bits per heavy atom. The van der Waals surface area contributed by atoms with Crippen molar-refractivity contribution in [3.63, 3.8) is 0 Å². The summed E-state index contributed by atoms with van der Waals surface area (Å²) in [5.74, 6) is -0.434. The molecule has 1 aliphatic rings. The van der Waals surface area contributed by atoms with Crippen LogP contribution in [0.1, 0.15) is 40.9 Å². The zero-order chi connectivity index (χ0) is 18.0. The number of aromatic hydroxyl groups is 2. The van der Waals surface area contributed by atoms with Crippen molar-refractivity contribution in [2.75, 3.05) is 6.61 Å². The first-order valence-electron chi connectivity index (χ1n) is 8.10. The Labute approximate surface area is 145 Å². The van der Waals surface area contributed by atoms with Gasteiger partial charge in [-0.05, 0) is 18.9 Å². The molecule has 3 N–H and O–H groups in total. The van der Waals surface area contributed by atoms with E-state index in [-0.39, 0.29) is 48.0 Å². The van der Waals surface area contributed by atoms with E-state index in [1.807, 2.05) is 30.3 Å². The Kier molecular flexibility index (Phi) is 4.76. The van der Waals surface area contributed by atoms with E-state index < -0.39 is 6.10 Å². The molecule has 2 aromatic carbocycles. The second kappa shape index (κ2) is 6.99. The van der Waals surface area contributed by atoms with Crippen molar-refractivity contribution in [3.8, 4) is 17.2 Å². The fraction of sp³-hybridized carbons (Fsp3) is 0.250. The van der Waals surface area contributed by atoms with Gasteiger partial charge < -0.3 is 20.1 Å². The molecule has 130 valence electrons. The van der Waals surface area contributed by atoms with Gasteiger partial charge in [-0.15, -0.1) is 0 Å². The van der Waals surface area contributed by atoms with E-state index in [1.54, 1.807) is 13.0 Å². The molecule has 0 bridgehead atoms. The third kappa shape index (κ3) is 3.37. The molecule has 0 unspecified atom stereocenters. The Morgan fingerprint density at radius 3 is 2.64 bits per heavy atom. The van der Waals surface area contributed by atoms with E-state index in [4.69, 9.17) is 9.84 Å². The summed E-state index contributed by atoms with van der Waals surface area (Å²) in [5, 5.41) is 29.5. The number of aliphatic hydroxyl groups is 1. The molecule has 1 aliphatic heterocycles. The van der Waals surface area contributed by atoms with Crippen LogP contribution >= 0.6 is 0 Å². The fourth-order valence-corrected chi connectivity index (χ4v) is 2.92. The minimum atomic E-state index is -0.468. The van der Waals surface area contributed by atoms with Crippen LogP contribution in [0.25, 0.3) is 0 Å². The molecule has 0 saturated carbocycles. The topological polar surface area (TPSA) is 87.0 Å². The standard InChI is InChI=1S/C20H20O5/c1-12(11-21)7-8-14-15(22)9-16(23)19-17(24)10-18(25-20(14)19)13-5-3-2-4-6-13/h2-7,9,18,21-23H,8,10-11H2,1H3/b12-7-/t18-/m1/s1. The molecule has 2 aromatic rings. The number of phenols is 2. The lowest BCUT2D eigenvalue weighted by molar-refractivity contribution is 0.0842. The molecule has 25 heavy (non-hydrogen) atoms. The maximum Gasteiger partial charge on any atom is 0.174 e. The number of ketones is 1. The highest BCUT2D eigenvalue weighted by atomic mass is 16.5. The van der Waals surface area contributed by atoms with Crippen LogP contribution in [0.15, 0.2) is 48.0 Å². The van der Waals surface area contributed by atoms with Crippen LogP contribution in [-0.4, -0.2) is 27.7 Å². The van der Waals surface area contributed by atoms with Crippen molar-refractivity contribution >= 4 is 5.78 Å². The first-order valence-corrected chi connectivity index (χ1v) is 8.10. The van der Waals surface area contributed by atoms with Gasteiger partial charge in [0.25, 0.3) is 0 Å². The number of ether oxygens (including phenoxy) is 1. The summed E-state index contributed by atoms with van der Waals surface area (Å²) in [6.45, 7) is 1.68. The van der Waals surface area contributed by atoms with Gasteiger partial charge in [0.1, 0.15) is 28.9 Å². The van der Waals surface area contributed by atoms with Gasteiger partial charge in [-0.1, -0.05) is 42.0 Å². The Bertz CT molecular complexity index is 824. The van der Waals surface area contributed by atoms with Crippen molar-refractivity contribution in [2.45, 2.75) is 25.9 Å². The van der Waals surface area contributed by atoms with Crippen LogP contribution in [0.4, 0.5) is 0 Å². The van der Waals surface area contributed by atoms with E-state index in [2.05, 4.69) is 0 Å². The summed E-state index contributed by atoms with van der Waals surface area (Å²) >= 11 is 0. The number of rotatable bonds is 4. The number of Topliss-reactive ketones (excluding diaryl/α,β-unsaturated/α-hetero) is 1. The summed E-state index contributed by atoms with van der Waals surface area (Å²) in [7, 11) is 0. The SMILES string of the molecule is C/C(=C/Cc1c(O)cc(O)c2c1O[C@@H](c1ccccc1)CC2=O)CO. The number of allylic oxidation sites excluding steroid dienone is 1. The molecular formula is C20H20O5. The number of benzene rings is 2. The lowest BCUT2D eigenvalue weighted by atomic mass is 9.92. The van der Waals surface area contributed by atoms with Crippen LogP contribution in [0.3, 0.4) is 0 Å². The summed E-state index contributed by atoms with van der Waals surface area (Å²) in [5.41, 5.74) is 2.13. The summed E-state index contributed by atoms with van der Waals surface area (Å²) in [6.07, 6.45) is 1.70. The molecule has 0 saturated heterocycles. The molecule has 0 amide bonds. The first kappa shape index (κ1) is 17.0. The molecule has 0 radical (unpaired) electrons. The maximum atomic E-state index is 12.6. The fourth-order valence-electron chi connectivity index (χ4n) is 2.92. The van der Waals surface area contributed by atoms with Gasteiger partial charge in [-0.2, -0.15) is 0 Å². The molecule has 0 spiro atoms. The minimum absolute atomic E-state index is 0.0898. The second-order valence-corrected chi connectivity index (χ2v) is 6.15. The average molecular weight is 340 g/mol. The van der Waals surface area contributed by atoms with Crippen LogP contribution in [-0.2, 0) is 6.42 Å². The number of hydrogen-bond donors (Lipinski definition) is 3. The van der Waals surface area contributed by atoms with E-state index >= 15 is 0 Å². The molecule has 1 heterocycles. The first-order chi connectivity index (χ1) is 12.0. The third-order valence-electron chi connectivity index (χ3n) is 4.33. The Morgan fingerprint density at radius 2 is 1.96 bits per heavy atom. The molecule has 0 fully saturated rings. The van der Waals surface area contributed by atoms with Gasteiger partial charge in [-0.25, -0.2) is 0 Å². The van der Waals surface area contributed by atoms with Crippen molar-refractivity contribution in [1.82, 2.24) is 0 Å². The summed E-state index contributed by atoms with van der Waals surface area (Å²) in [4.78, 5) is 12.6. The van der Waals surface area contributed by atoms with E-state index in [0.29, 0.717) is 5.56 Å². The third-order valence-corrected chi connectivity index (χ3v) is 4.33. The average Bonchev–Trinajstić information content (AvgIpc) is 2.61. The van der Waals surface area contributed by atoms with Gasteiger partial charge in [0.2, 0.25) is 0 Å². The lowest BCUT2D eigenvalue weighted by Crippen LogP contribution is -2.21. The molecule has 0 aliphatic carbocycles. The predicted molar refractivity (Wildman–Crippen MR) is 93.1 cm³/mol. The number of carbonyl (C=O) groups excluding carboxylic acids is 1. The Hall–Kier alpha value is -2.79. The van der Waals surface area contributed by atoms with Crippen molar-refractivity contribution < 1.29 is 24.9 Å². The monoisotopic (exact) mass is 340 g/mol. The molecule has 3 rings (SSSR count). The quantitative estimate of drug-likeness (QED) is 0.744. The lowest BCUT2D eigenvalue weighted by Gasteiger charge is -2.28. The normalized spacial score (nSPS) is 17.1. The van der Waals surface area contributed by atoms with E-state index in [0.717, 1.165) is 11.1 Å². The van der Waals surface area contributed by atoms with Gasteiger partial charge in [-0.3, -0.25) is 4.79 Å². The zero-order valence-corrected chi connectivity index (χ0v) is 13.9. The number of aliphatic hydroxyl groups excluding tert-OH is 1. The van der Waals surface area contributed by atoms with Crippen molar-refractivity contribution in [1.29, 1.82) is 0 Å². The van der Waals surface area contributed by atoms with E-state index in [9.17, 15) is 15.0 Å².